The first-order chi connectivity index (χ1) is 12.5. The van der Waals surface area contributed by atoms with Crippen LogP contribution < -0.4 is 0 Å². The van der Waals surface area contributed by atoms with Crippen LogP contribution >= 0.6 is 0 Å². The number of sulfone groups is 1. The fraction of sp³-hybridized carbons (Fsp3) is 0.286. The van der Waals surface area contributed by atoms with Crippen molar-refractivity contribution in [3.8, 4) is 11.1 Å². The minimum absolute atomic E-state index is 0.266. The minimum Gasteiger partial charge on any atom is -0.297 e. The molecule has 0 bridgehead atoms. The molecule has 4 rings (SSSR count). The Kier molecular flexibility index (Phi) is 4.51. The highest BCUT2D eigenvalue weighted by atomic mass is 32.2. The van der Waals surface area contributed by atoms with Gasteiger partial charge < -0.3 is 0 Å². The third kappa shape index (κ3) is 3.64. The third-order valence-electron chi connectivity index (χ3n) is 4.98. The molecule has 2 aromatic carbocycles. The van der Waals surface area contributed by atoms with Crippen LogP contribution in [0.3, 0.4) is 0 Å². The number of pyridine rings is 1. The summed E-state index contributed by atoms with van der Waals surface area (Å²) in [6, 6.07) is 17.0. The quantitative estimate of drug-likeness (QED) is 0.712. The SMILES string of the molecule is Cc1cc2c(-c3cccc(CN4CCS(=O)(=O)CC4)c3)cccc2cn1. The summed E-state index contributed by atoms with van der Waals surface area (Å²) >= 11 is 0. The molecule has 0 radical (unpaired) electrons. The van der Waals surface area contributed by atoms with Gasteiger partial charge in [-0.15, -0.1) is 0 Å². The molecule has 1 saturated heterocycles. The van der Waals surface area contributed by atoms with Crippen molar-refractivity contribution in [1.82, 2.24) is 9.88 Å². The number of benzene rings is 2. The molecule has 134 valence electrons. The van der Waals surface area contributed by atoms with Crippen LogP contribution in [0.4, 0.5) is 0 Å². The van der Waals surface area contributed by atoms with Crippen LogP contribution in [0, 0.1) is 6.92 Å². The Balaban J connectivity index is 1.63. The number of nitrogens with zero attached hydrogens (tertiary/aromatic N) is 2. The first-order valence-electron chi connectivity index (χ1n) is 8.88. The number of aryl methyl sites for hydroxylation is 1. The molecule has 0 aliphatic carbocycles. The van der Waals surface area contributed by atoms with Crippen LogP contribution in [-0.2, 0) is 16.4 Å². The van der Waals surface area contributed by atoms with Crippen LogP contribution in [0.15, 0.2) is 54.7 Å². The number of hydrogen-bond acceptors (Lipinski definition) is 4. The summed E-state index contributed by atoms with van der Waals surface area (Å²) in [6.45, 7) is 4.03. The Morgan fingerprint density at radius 2 is 1.81 bits per heavy atom. The Morgan fingerprint density at radius 1 is 1.04 bits per heavy atom. The zero-order valence-electron chi connectivity index (χ0n) is 14.9. The van der Waals surface area contributed by atoms with E-state index in [2.05, 4.69) is 58.4 Å². The zero-order chi connectivity index (χ0) is 18.1. The standard InChI is InChI=1S/C21H22N2O2S/c1-16-12-21-19(14-22-16)6-3-7-20(21)18-5-2-4-17(13-18)15-23-8-10-26(24,25)11-9-23/h2-7,12-14H,8-11,15H2,1H3. The van der Waals surface area contributed by atoms with Gasteiger partial charge in [0.05, 0.1) is 11.5 Å². The maximum Gasteiger partial charge on any atom is 0.152 e. The molecule has 1 aliphatic rings. The smallest absolute Gasteiger partial charge is 0.152 e. The number of rotatable bonds is 3. The molecule has 0 atom stereocenters. The van der Waals surface area contributed by atoms with E-state index in [0.717, 1.165) is 17.6 Å². The van der Waals surface area contributed by atoms with Crippen molar-refractivity contribution in [3.05, 3.63) is 66.0 Å². The van der Waals surface area contributed by atoms with Crippen molar-refractivity contribution in [1.29, 1.82) is 0 Å². The second-order valence-electron chi connectivity index (χ2n) is 6.98. The molecule has 2 heterocycles. The van der Waals surface area contributed by atoms with E-state index < -0.39 is 9.84 Å². The van der Waals surface area contributed by atoms with Gasteiger partial charge >= 0.3 is 0 Å². The molecular formula is C21H22N2O2S. The Bertz CT molecular complexity index is 1050. The molecule has 3 aromatic rings. The monoisotopic (exact) mass is 366 g/mol. The van der Waals surface area contributed by atoms with Gasteiger partial charge in [0.15, 0.2) is 9.84 Å². The van der Waals surface area contributed by atoms with E-state index in [1.165, 1.54) is 22.1 Å². The zero-order valence-corrected chi connectivity index (χ0v) is 15.7. The van der Waals surface area contributed by atoms with E-state index in [9.17, 15) is 8.42 Å². The van der Waals surface area contributed by atoms with E-state index >= 15 is 0 Å². The van der Waals surface area contributed by atoms with Crippen LogP contribution in [-0.4, -0.2) is 42.9 Å². The third-order valence-corrected chi connectivity index (χ3v) is 6.59. The minimum atomic E-state index is -2.84. The highest BCUT2D eigenvalue weighted by Gasteiger charge is 2.21. The lowest BCUT2D eigenvalue weighted by molar-refractivity contribution is 0.288. The summed E-state index contributed by atoms with van der Waals surface area (Å²) in [4.78, 5) is 6.61. The van der Waals surface area contributed by atoms with Gasteiger partial charge in [0.2, 0.25) is 0 Å². The highest BCUT2D eigenvalue weighted by Crippen LogP contribution is 2.29. The maximum absolute atomic E-state index is 11.6. The van der Waals surface area contributed by atoms with Crippen molar-refractivity contribution < 1.29 is 8.42 Å². The summed E-state index contributed by atoms with van der Waals surface area (Å²) in [5, 5.41) is 2.35. The Labute approximate surface area is 154 Å². The van der Waals surface area contributed by atoms with Crippen LogP contribution in [0.5, 0.6) is 0 Å². The first kappa shape index (κ1) is 17.2. The van der Waals surface area contributed by atoms with Gasteiger partial charge in [0, 0.05) is 36.9 Å². The van der Waals surface area contributed by atoms with Gasteiger partial charge in [-0.05, 0) is 41.1 Å². The van der Waals surface area contributed by atoms with E-state index in [0.29, 0.717) is 13.1 Å². The topological polar surface area (TPSA) is 50.3 Å². The first-order valence-corrected chi connectivity index (χ1v) is 10.7. The average Bonchev–Trinajstić information content (AvgIpc) is 2.63. The van der Waals surface area contributed by atoms with Gasteiger partial charge in [-0.2, -0.15) is 0 Å². The lowest BCUT2D eigenvalue weighted by Gasteiger charge is -2.26. The number of fused-ring (bicyclic) bond motifs is 1. The van der Waals surface area contributed by atoms with E-state index in [1.54, 1.807) is 0 Å². The fourth-order valence-corrected chi connectivity index (χ4v) is 4.81. The van der Waals surface area contributed by atoms with Gasteiger partial charge in [-0.25, -0.2) is 8.42 Å². The molecule has 0 saturated carbocycles. The van der Waals surface area contributed by atoms with E-state index in [4.69, 9.17) is 0 Å². The molecule has 0 amide bonds. The summed E-state index contributed by atoms with van der Waals surface area (Å²) in [5.74, 6) is 0.532. The summed E-state index contributed by atoms with van der Waals surface area (Å²) in [5.41, 5.74) is 4.61. The molecule has 5 heteroatoms. The van der Waals surface area contributed by atoms with Gasteiger partial charge in [-0.1, -0.05) is 36.4 Å². The molecule has 0 N–H and O–H groups in total. The van der Waals surface area contributed by atoms with E-state index in [1.807, 2.05) is 13.1 Å². The van der Waals surface area contributed by atoms with Crippen LogP contribution in [0.2, 0.25) is 0 Å². The maximum atomic E-state index is 11.6. The van der Waals surface area contributed by atoms with E-state index in [-0.39, 0.29) is 11.5 Å². The second-order valence-corrected chi connectivity index (χ2v) is 9.28. The summed E-state index contributed by atoms with van der Waals surface area (Å²) in [6.07, 6.45) is 1.92. The highest BCUT2D eigenvalue weighted by molar-refractivity contribution is 7.91. The molecule has 1 fully saturated rings. The van der Waals surface area contributed by atoms with Crippen molar-refractivity contribution in [3.63, 3.8) is 0 Å². The van der Waals surface area contributed by atoms with Gasteiger partial charge in [0.1, 0.15) is 0 Å². The largest absolute Gasteiger partial charge is 0.297 e. The van der Waals surface area contributed by atoms with Crippen molar-refractivity contribution in [2.75, 3.05) is 24.6 Å². The summed E-state index contributed by atoms with van der Waals surface area (Å²) in [7, 11) is -2.84. The lowest BCUT2D eigenvalue weighted by atomic mass is 9.97. The predicted molar refractivity (Wildman–Crippen MR) is 106 cm³/mol. The fourth-order valence-electron chi connectivity index (χ4n) is 3.53. The van der Waals surface area contributed by atoms with Gasteiger partial charge in [-0.3, -0.25) is 9.88 Å². The van der Waals surface area contributed by atoms with Crippen LogP contribution in [0.25, 0.3) is 21.9 Å². The normalized spacial score (nSPS) is 17.4. The Morgan fingerprint density at radius 3 is 2.62 bits per heavy atom. The van der Waals surface area contributed by atoms with Gasteiger partial charge in [0.25, 0.3) is 0 Å². The lowest BCUT2D eigenvalue weighted by Crippen LogP contribution is -2.39. The molecule has 26 heavy (non-hydrogen) atoms. The second kappa shape index (κ2) is 6.82. The molecule has 1 aromatic heterocycles. The predicted octanol–water partition coefficient (Wildman–Crippen LogP) is 3.44. The average molecular weight is 366 g/mol. The van der Waals surface area contributed by atoms with Crippen LogP contribution in [0.1, 0.15) is 11.3 Å². The molecule has 4 nitrogen and oxygen atoms in total. The molecule has 0 unspecified atom stereocenters. The number of aromatic nitrogens is 1. The van der Waals surface area contributed by atoms with Crippen molar-refractivity contribution in [2.24, 2.45) is 0 Å². The summed E-state index contributed by atoms with van der Waals surface area (Å²) < 4.78 is 23.2. The Hall–Kier alpha value is -2.24. The van der Waals surface area contributed by atoms with Crippen molar-refractivity contribution >= 4 is 20.6 Å². The molecule has 0 spiro atoms. The number of hydrogen-bond donors (Lipinski definition) is 0. The molecular weight excluding hydrogens is 344 g/mol. The van der Waals surface area contributed by atoms with Crippen molar-refractivity contribution in [2.45, 2.75) is 13.5 Å². The molecule has 1 aliphatic heterocycles.